The summed E-state index contributed by atoms with van der Waals surface area (Å²) in [5.74, 6) is -0.201. The van der Waals surface area contributed by atoms with Crippen LogP contribution in [0.2, 0.25) is 0 Å². The zero-order valence-electron chi connectivity index (χ0n) is 12.2. The highest BCUT2D eigenvalue weighted by Gasteiger charge is 2.48. The summed E-state index contributed by atoms with van der Waals surface area (Å²) in [6.45, 7) is 5.54. The van der Waals surface area contributed by atoms with Crippen LogP contribution in [0.3, 0.4) is 0 Å². The molecule has 3 aliphatic rings. The maximum atomic E-state index is 12.3. The molecule has 4 rings (SSSR count). The summed E-state index contributed by atoms with van der Waals surface area (Å²) in [6.07, 6.45) is 2.17. The van der Waals surface area contributed by atoms with E-state index in [-0.39, 0.29) is 24.2 Å². The van der Waals surface area contributed by atoms with Gasteiger partial charge in [0.1, 0.15) is 12.2 Å². The molecule has 1 aromatic heterocycles. The number of furan rings is 1. The van der Waals surface area contributed by atoms with Crippen LogP contribution in [0.25, 0.3) is 0 Å². The zero-order chi connectivity index (χ0) is 14.6. The van der Waals surface area contributed by atoms with Crippen LogP contribution in [0.4, 0.5) is 0 Å². The lowest BCUT2D eigenvalue weighted by Crippen LogP contribution is -2.49. The molecule has 0 spiro atoms. The molecule has 0 aromatic carbocycles. The largest absolute Gasteiger partial charge is 0.459 e. The lowest BCUT2D eigenvalue weighted by atomic mass is 10.0. The van der Waals surface area contributed by atoms with Crippen molar-refractivity contribution in [2.24, 2.45) is 0 Å². The third kappa shape index (κ3) is 2.18. The van der Waals surface area contributed by atoms with E-state index >= 15 is 0 Å². The van der Waals surface area contributed by atoms with E-state index in [1.807, 2.05) is 19.9 Å². The second kappa shape index (κ2) is 4.56. The minimum absolute atomic E-state index is 0.0485. The van der Waals surface area contributed by atoms with Crippen LogP contribution >= 0.6 is 0 Å². The van der Waals surface area contributed by atoms with Crippen LogP contribution in [0.15, 0.2) is 16.7 Å². The van der Waals surface area contributed by atoms with Gasteiger partial charge in [-0.25, -0.2) is 0 Å². The van der Waals surface area contributed by atoms with Gasteiger partial charge in [0, 0.05) is 12.2 Å². The van der Waals surface area contributed by atoms with Gasteiger partial charge in [0.05, 0.1) is 25.5 Å². The predicted octanol–water partition coefficient (Wildman–Crippen LogP) is 1.54. The van der Waals surface area contributed by atoms with Crippen LogP contribution in [0, 0.1) is 0 Å². The molecule has 6 nitrogen and oxygen atoms in total. The summed E-state index contributed by atoms with van der Waals surface area (Å²) in [5.41, 5.74) is 0.941. The Morgan fingerprint density at radius 3 is 3.05 bits per heavy atom. The molecule has 21 heavy (non-hydrogen) atoms. The molecule has 3 unspecified atom stereocenters. The molecule has 6 heteroatoms. The Kier molecular flexibility index (Phi) is 2.89. The van der Waals surface area contributed by atoms with Gasteiger partial charge in [0.2, 0.25) is 0 Å². The van der Waals surface area contributed by atoms with Gasteiger partial charge in [-0.2, -0.15) is 0 Å². The van der Waals surface area contributed by atoms with Gasteiger partial charge >= 0.3 is 0 Å². The first-order chi connectivity index (χ1) is 10.0. The number of amides is 1. The van der Waals surface area contributed by atoms with Crippen molar-refractivity contribution in [3.05, 3.63) is 23.7 Å². The molecule has 0 saturated carbocycles. The normalized spacial score (nSPS) is 34.1. The Hall–Kier alpha value is -1.37. The van der Waals surface area contributed by atoms with Crippen LogP contribution in [0.5, 0.6) is 0 Å². The second-order valence-corrected chi connectivity index (χ2v) is 6.30. The van der Waals surface area contributed by atoms with E-state index in [4.69, 9.17) is 18.6 Å². The fourth-order valence-electron chi connectivity index (χ4n) is 3.42. The van der Waals surface area contributed by atoms with Gasteiger partial charge < -0.3 is 23.5 Å². The van der Waals surface area contributed by atoms with Crippen molar-refractivity contribution in [1.82, 2.24) is 4.90 Å². The van der Waals surface area contributed by atoms with E-state index in [0.717, 1.165) is 12.0 Å². The molecular formula is C15H19NO5. The third-order valence-corrected chi connectivity index (χ3v) is 4.31. The maximum Gasteiger partial charge on any atom is 0.290 e. The highest BCUT2D eigenvalue weighted by Crippen LogP contribution is 2.36. The number of nitrogens with zero attached hydrogens (tertiary/aromatic N) is 1. The maximum absolute atomic E-state index is 12.3. The summed E-state index contributed by atoms with van der Waals surface area (Å²) in [7, 11) is 0. The Bertz CT molecular complexity index is 566. The first kappa shape index (κ1) is 13.3. The van der Waals surface area contributed by atoms with Crippen molar-refractivity contribution in [3.63, 3.8) is 0 Å². The molecule has 0 N–H and O–H groups in total. The third-order valence-electron chi connectivity index (χ3n) is 4.31. The first-order valence-electron chi connectivity index (χ1n) is 7.36. The highest BCUT2D eigenvalue weighted by atomic mass is 16.8. The van der Waals surface area contributed by atoms with Gasteiger partial charge in [0.15, 0.2) is 11.5 Å². The molecule has 3 aliphatic heterocycles. The van der Waals surface area contributed by atoms with Gasteiger partial charge in [-0.05, 0) is 26.3 Å². The number of rotatable bonds is 2. The van der Waals surface area contributed by atoms with Gasteiger partial charge in [-0.3, -0.25) is 4.79 Å². The average Bonchev–Trinajstić information content (AvgIpc) is 3.06. The average molecular weight is 293 g/mol. The SMILES string of the molecule is CC1(C)OC2CCOC(CN3Cc4ccoc4C3=O)C2O1. The summed E-state index contributed by atoms with van der Waals surface area (Å²) < 4.78 is 22.9. The minimum atomic E-state index is -0.581. The van der Waals surface area contributed by atoms with E-state index in [9.17, 15) is 4.79 Å². The number of carbonyl (C=O) groups is 1. The van der Waals surface area contributed by atoms with E-state index < -0.39 is 5.79 Å². The molecule has 3 atom stereocenters. The second-order valence-electron chi connectivity index (χ2n) is 6.30. The standard InChI is InChI=1S/C15H19NO5/c1-15(2)20-10-4-6-18-11(13(10)21-15)8-16-7-9-3-5-19-12(9)14(16)17/h3,5,10-11,13H,4,6-8H2,1-2H3. The number of fused-ring (bicyclic) bond motifs is 2. The van der Waals surface area contributed by atoms with Crippen LogP contribution in [0.1, 0.15) is 36.4 Å². The van der Waals surface area contributed by atoms with Gasteiger partial charge in [0.25, 0.3) is 5.91 Å². The summed E-state index contributed by atoms with van der Waals surface area (Å²) in [4.78, 5) is 14.0. The molecule has 114 valence electrons. The molecule has 4 heterocycles. The Morgan fingerprint density at radius 2 is 2.24 bits per heavy atom. The van der Waals surface area contributed by atoms with Crippen molar-refractivity contribution in [2.75, 3.05) is 13.2 Å². The van der Waals surface area contributed by atoms with Gasteiger partial charge in [-0.15, -0.1) is 0 Å². The lowest BCUT2D eigenvalue weighted by molar-refractivity contribution is -0.154. The molecule has 1 aromatic rings. The Morgan fingerprint density at radius 1 is 1.38 bits per heavy atom. The number of carbonyl (C=O) groups excluding carboxylic acids is 1. The number of hydrogen-bond donors (Lipinski definition) is 0. The Balaban J connectivity index is 1.48. The lowest BCUT2D eigenvalue weighted by Gasteiger charge is -2.33. The monoisotopic (exact) mass is 293 g/mol. The van der Waals surface area contributed by atoms with E-state index in [1.54, 1.807) is 11.2 Å². The molecule has 1 amide bonds. The van der Waals surface area contributed by atoms with Gasteiger partial charge in [-0.1, -0.05) is 0 Å². The quantitative estimate of drug-likeness (QED) is 0.828. The van der Waals surface area contributed by atoms with Crippen molar-refractivity contribution < 1.29 is 23.4 Å². The molecular weight excluding hydrogens is 274 g/mol. The van der Waals surface area contributed by atoms with Crippen LogP contribution in [-0.4, -0.2) is 48.1 Å². The number of ether oxygens (including phenoxy) is 3. The van der Waals surface area contributed by atoms with E-state index in [1.165, 1.54) is 0 Å². The topological polar surface area (TPSA) is 61.1 Å². The molecule has 0 aliphatic carbocycles. The first-order valence-corrected chi connectivity index (χ1v) is 7.36. The summed E-state index contributed by atoms with van der Waals surface area (Å²) in [5, 5.41) is 0. The van der Waals surface area contributed by atoms with Crippen molar-refractivity contribution >= 4 is 5.91 Å². The summed E-state index contributed by atoms with van der Waals surface area (Å²) in [6, 6.07) is 1.84. The van der Waals surface area contributed by atoms with E-state index in [2.05, 4.69) is 0 Å². The zero-order valence-corrected chi connectivity index (χ0v) is 12.2. The summed E-state index contributed by atoms with van der Waals surface area (Å²) >= 11 is 0. The predicted molar refractivity (Wildman–Crippen MR) is 71.6 cm³/mol. The smallest absolute Gasteiger partial charge is 0.290 e. The van der Waals surface area contributed by atoms with Crippen LogP contribution < -0.4 is 0 Å². The molecule has 0 radical (unpaired) electrons. The van der Waals surface area contributed by atoms with Crippen LogP contribution in [-0.2, 0) is 20.8 Å². The minimum Gasteiger partial charge on any atom is -0.459 e. The van der Waals surface area contributed by atoms with Crippen molar-refractivity contribution in [1.29, 1.82) is 0 Å². The fraction of sp³-hybridized carbons (Fsp3) is 0.667. The van der Waals surface area contributed by atoms with Crippen molar-refractivity contribution in [3.8, 4) is 0 Å². The molecule has 2 fully saturated rings. The van der Waals surface area contributed by atoms with E-state index in [0.29, 0.717) is 25.5 Å². The fourth-order valence-corrected chi connectivity index (χ4v) is 3.42. The van der Waals surface area contributed by atoms with Crippen molar-refractivity contribution in [2.45, 2.75) is 50.9 Å². The molecule has 0 bridgehead atoms. The molecule has 2 saturated heterocycles. The number of hydrogen-bond acceptors (Lipinski definition) is 5. The highest BCUT2D eigenvalue weighted by molar-refractivity contribution is 5.95. The Labute approximate surface area is 122 Å².